The van der Waals surface area contributed by atoms with E-state index in [0.29, 0.717) is 10.6 Å². The lowest BCUT2D eigenvalue weighted by atomic mass is 10.0. The number of thioether (sulfide) groups is 2. The second kappa shape index (κ2) is 8.70. The molecule has 1 fully saturated rings. The van der Waals surface area contributed by atoms with Crippen LogP contribution in [0.3, 0.4) is 0 Å². The number of sulfone groups is 1. The Morgan fingerprint density at radius 1 is 1.42 bits per heavy atom. The number of β-lactam (4-membered cyclic amide) rings is 1. The predicted octanol–water partition coefficient (Wildman–Crippen LogP) is -0.387. The molecule has 1 aromatic rings. The number of carbonyl (C=O) groups is 3. The quantitative estimate of drug-likeness (QED) is 0.316. The molecule has 0 radical (unpaired) electrons. The Morgan fingerprint density at radius 2 is 2.13 bits per heavy atom. The average Bonchev–Trinajstić information content (AvgIpc) is 3.14. The Labute approximate surface area is 181 Å². The van der Waals surface area contributed by atoms with E-state index in [4.69, 9.17) is 0 Å². The van der Waals surface area contributed by atoms with E-state index in [1.54, 1.807) is 0 Å². The Morgan fingerprint density at radius 3 is 2.71 bits per heavy atom. The number of halogens is 3. The number of fused-ring (bicyclic) bond motifs is 1. The molecule has 170 valence electrons. The van der Waals surface area contributed by atoms with Gasteiger partial charge in [-0.1, -0.05) is 11.8 Å². The third-order valence-corrected chi connectivity index (χ3v) is 7.88. The third kappa shape index (κ3) is 5.51. The number of carboxylic acid groups (broad SMARTS) is 1. The zero-order valence-corrected chi connectivity index (χ0v) is 17.7. The second-order valence-corrected chi connectivity index (χ2v) is 10.6. The molecule has 3 rings (SSSR count). The van der Waals surface area contributed by atoms with Crippen molar-refractivity contribution in [1.82, 2.24) is 25.6 Å². The van der Waals surface area contributed by atoms with Gasteiger partial charge in [-0.25, -0.2) is 13.2 Å². The van der Waals surface area contributed by atoms with Gasteiger partial charge in [-0.2, -0.15) is 23.5 Å². The first-order chi connectivity index (χ1) is 14.4. The van der Waals surface area contributed by atoms with Gasteiger partial charge in [0, 0.05) is 11.5 Å². The lowest BCUT2D eigenvalue weighted by Crippen LogP contribution is -2.71. The van der Waals surface area contributed by atoms with E-state index in [0.717, 1.165) is 16.7 Å². The normalized spacial score (nSPS) is 21.5. The number of aromatic amines is 1. The van der Waals surface area contributed by atoms with E-state index in [1.165, 1.54) is 18.0 Å². The Balaban J connectivity index is 1.66. The smallest absolute Gasteiger partial charge is 0.402 e. The summed E-state index contributed by atoms with van der Waals surface area (Å²) >= 11 is 2.34. The average molecular weight is 501 g/mol. The van der Waals surface area contributed by atoms with Crippen LogP contribution in [0.2, 0.25) is 0 Å². The second-order valence-electron chi connectivity index (χ2n) is 6.46. The van der Waals surface area contributed by atoms with Crippen LogP contribution in [0, 0.1) is 0 Å². The molecule has 0 bridgehead atoms. The minimum Gasteiger partial charge on any atom is -0.477 e. The number of nitrogens with zero attached hydrogens (tertiary/aromatic N) is 3. The minimum absolute atomic E-state index is 0.208. The molecule has 2 amide bonds. The molecule has 3 heterocycles. The van der Waals surface area contributed by atoms with Crippen LogP contribution in [-0.4, -0.2) is 92.2 Å². The van der Waals surface area contributed by atoms with Crippen molar-refractivity contribution in [2.45, 2.75) is 22.6 Å². The molecule has 1 unspecified atom stereocenters. The summed E-state index contributed by atoms with van der Waals surface area (Å²) in [6, 6.07) is -1.24. The van der Waals surface area contributed by atoms with Gasteiger partial charge in [0.05, 0.1) is 6.20 Å². The highest BCUT2D eigenvalue weighted by atomic mass is 32.2. The van der Waals surface area contributed by atoms with E-state index < -0.39 is 56.7 Å². The molecule has 0 spiro atoms. The number of rotatable bonds is 8. The van der Waals surface area contributed by atoms with Crippen molar-refractivity contribution in [3.8, 4) is 0 Å². The maximum Gasteiger partial charge on any atom is 0.402 e. The predicted molar refractivity (Wildman–Crippen MR) is 102 cm³/mol. The summed E-state index contributed by atoms with van der Waals surface area (Å²) < 4.78 is 59.8. The maximum atomic E-state index is 12.5. The summed E-state index contributed by atoms with van der Waals surface area (Å²) in [5.74, 6) is -6.59. The first-order valence-electron chi connectivity index (χ1n) is 8.33. The van der Waals surface area contributed by atoms with Crippen molar-refractivity contribution >= 4 is 51.1 Å². The van der Waals surface area contributed by atoms with Gasteiger partial charge in [0.25, 0.3) is 5.91 Å². The van der Waals surface area contributed by atoms with Crippen LogP contribution >= 0.6 is 23.5 Å². The fourth-order valence-corrected chi connectivity index (χ4v) is 6.28. The molecule has 2 aliphatic rings. The number of carboxylic acids is 1. The van der Waals surface area contributed by atoms with Crippen LogP contribution in [0.4, 0.5) is 13.2 Å². The number of hydrogen-bond acceptors (Lipinski definition) is 9. The Bertz CT molecular complexity index is 1030. The molecule has 17 heteroatoms. The van der Waals surface area contributed by atoms with Crippen molar-refractivity contribution in [3.63, 3.8) is 0 Å². The maximum absolute atomic E-state index is 12.5. The van der Waals surface area contributed by atoms with Gasteiger partial charge in [-0.15, -0.1) is 16.9 Å². The zero-order chi connectivity index (χ0) is 23.0. The van der Waals surface area contributed by atoms with E-state index in [-0.39, 0.29) is 17.2 Å². The highest BCUT2D eigenvalue weighted by Gasteiger charge is 2.54. The van der Waals surface area contributed by atoms with Crippen LogP contribution < -0.4 is 5.32 Å². The van der Waals surface area contributed by atoms with E-state index >= 15 is 0 Å². The lowest BCUT2D eigenvalue weighted by Gasteiger charge is -2.49. The lowest BCUT2D eigenvalue weighted by molar-refractivity contribution is -0.150. The van der Waals surface area contributed by atoms with Gasteiger partial charge >= 0.3 is 12.1 Å². The summed E-state index contributed by atoms with van der Waals surface area (Å²) in [5, 5.41) is 21.2. The molecule has 0 aliphatic carbocycles. The van der Waals surface area contributed by atoms with Crippen molar-refractivity contribution in [3.05, 3.63) is 17.5 Å². The number of aliphatic carboxylic acids is 1. The van der Waals surface area contributed by atoms with Gasteiger partial charge < -0.3 is 10.4 Å². The summed E-state index contributed by atoms with van der Waals surface area (Å²) in [5.41, 5.74) is 0.188. The van der Waals surface area contributed by atoms with E-state index in [2.05, 4.69) is 20.7 Å². The monoisotopic (exact) mass is 501 g/mol. The zero-order valence-electron chi connectivity index (χ0n) is 15.2. The Kier molecular flexibility index (Phi) is 6.56. The molecular weight excluding hydrogens is 487 g/mol. The molecule has 31 heavy (non-hydrogen) atoms. The molecular formula is C14H14F3N5O6S3. The SMILES string of the molecule is O=C(CS(=O)(=O)CC(F)(F)F)NC1C(=O)N2C(C(=O)O)=C(CSc3cn[nH]n3)CS[C@H]12. The van der Waals surface area contributed by atoms with Crippen LogP contribution in [0.15, 0.2) is 22.5 Å². The molecule has 0 aromatic carbocycles. The number of amides is 2. The topological polar surface area (TPSA) is 162 Å². The fourth-order valence-electron chi connectivity index (χ4n) is 2.93. The van der Waals surface area contributed by atoms with Crippen molar-refractivity contribution in [1.29, 1.82) is 0 Å². The molecule has 11 nitrogen and oxygen atoms in total. The molecule has 1 aromatic heterocycles. The largest absolute Gasteiger partial charge is 0.477 e. The van der Waals surface area contributed by atoms with Gasteiger partial charge in [0.2, 0.25) is 5.91 Å². The van der Waals surface area contributed by atoms with E-state index in [1.807, 2.05) is 0 Å². The van der Waals surface area contributed by atoms with Crippen LogP contribution in [0.25, 0.3) is 0 Å². The molecule has 0 saturated carbocycles. The summed E-state index contributed by atoms with van der Waals surface area (Å²) in [6.45, 7) is 0. The number of hydrogen-bond donors (Lipinski definition) is 3. The first kappa shape index (κ1) is 23.4. The van der Waals surface area contributed by atoms with Crippen LogP contribution in [0.1, 0.15) is 0 Å². The van der Waals surface area contributed by atoms with Gasteiger partial charge in [0.1, 0.15) is 33.6 Å². The first-order valence-corrected chi connectivity index (χ1v) is 12.2. The van der Waals surface area contributed by atoms with Crippen LogP contribution in [-0.2, 0) is 24.2 Å². The van der Waals surface area contributed by atoms with Gasteiger partial charge in [0.15, 0.2) is 9.84 Å². The molecule has 1 saturated heterocycles. The van der Waals surface area contributed by atoms with Gasteiger partial charge in [-0.05, 0) is 5.57 Å². The van der Waals surface area contributed by atoms with E-state index in [9.17, 15) is 41.1 Å². The number of nitrogens with one attached hydrogen (secondary N) is 2. The van der Waals surface area contributed by atoms with Crippen molar-refractivity contribution < 1.29 is 41.1 Å². The third-order valence-electron chi connectivity index (χ3n) is 4.09. The summed E-state index contributed by atoms with van der Waals surface area (Å²) in [4.78, 5) is 37.1. The van der Waals surface area contributed by atoms with Gasteiger partial charge in [-0.3, -0.25) is 14.5 Å². The summed E-state index contributed by atoms with van der Waals surface area (Å²) in [6.07, 6.45) is -3.55. The highest BCUT2D eigenvalue weighted by Crippen LogP contribution is 2.41. The van der Waals surface area contributed by atoms with Crippen molar-refractivity contribution in [2.24, 2.45) is 0 Å². The highest BCUT2D eigenvalue weighted by molar-refractivity contribution is 8.01. The van der Waals surface area contributed by atoms with Crippen LogP contribution in [0.5, 0.6) is 0 Å². The standard InChI is InChI=1S/C14H14F3N5O6S3/c15-14(16,17)5-31(27,28)4-7(23)19-9-11(24)22-10(13(25)26)6(3-30-12(9)22)2-29-8-1-18-21-20-8/h1,9,12H,2-5H2,(H,19,23)(H,25,26)(H,18,20,21)/t9?,12-/m1/s1. The number of H-pyrrole nitrogens is 1. The Hall–Kier alpha value is -2.27. The molecule has 2 atom stereocenters. The number of carbonyl (C=O) groups excluding carboxylic acids is 2. The fraction of sp³-hybridized carbons (Fsp3) is 0.500. The molecule has 2 aliphatic heterocycles. The molecule has 3 N–H and O–H groups in total. The number of aromatic nitrogens is 3. The van der Waals surface area contributed by atoms with Crippen molar-refractivity contribution in [2.75, 3.05) is 23.0 Å². The number of alkyl halides is 3. The summed E-state index contributed by atoms with van der Waals surface area (Å²) in [7, 11) is -4.77. The minimum atomic E-state index is -5.00.